The third-order valence-corrected chi connectivity index (χ3v) is 4.14. The first kappa shape index (κ1) is 13.0. The zero-order valence-electron chi connectivity index (χ0n) is 11.1. The van der Waals surface area contributed by atoms with Gasteiger partial charge in [0, 0.05) is 18.1 Å². The van der Waals surface area contributed by atoms with Gasteiger partial charge in [0.2, 0.25) is 0 Å². The average Bonchev–Trinajstić information content (AvgIpc) is 2.81. The lowest BCUT2D eigenvalue weighted by Crippen LogP contribution is -2.47. The van der Waals surface area contributed by atoms with Crippen molar-refractivity contribution in [3.63, 3.8) is 0 Å². The second kappa shape index (κ2) is 5.31. The van der Waals surface area contributed by atoms with Gasteiger partial charge in [-0.2, -0.15) is 0 Å². The van der Waals surface area contributed by atoms with Crippen LogP contribution in [0.3, 0.4) is 0 Å². The van der Waals surface area contributed by atoms with E-state index in [0.717, 1.165) is 12.0 Å². The van der Waals surface area contributed by atoms with E-state index in [1.165, 1.54) is 32.4 Å². The Balaban J connectivity index is 0.000000531. The number of hydrogen-bond donors (Lipinski definition) is 1. The van der Waals surface area contributed by atoms with Gasteiger partial charge in [-0.15, -0.1) is 0 Å². The van der Waals surface area contributed by atoms with E-state index in [1.807, 2.05) is 13.8 Å². The van der Waals surface area contributed by atoms with Crippen molar-refractivity contribution in [2.75, 3.05) is 20.1 Å². The van der Waals surface area contributed by atoms with Crippen molar-refractivity contribution in [3.05, 3.63) is 0 Å². The number of rotatable bonds is 1. The standard InChI is InChI=1S/C11H22N2.C2H6/c1-9(2)10-4-5-11(13(10)3)6-7-12-8-11;1-2/h9-10,12H,4-8H2,1-3H3;1-2H3. The predicted octanol–water partition coefficient (Wildman–Crippen LogP) is 2.49. The molecule has 0 aromatic heterocycles. The van der Waals surface area contributed by atoms with Crippen LogP contribution >= 0.6 is 0 Å². The molecule has 2 saturated heterocycles. The fourth-order valence-corrected chi connectivity index (χ4v) is 3.16. The van der Waals surface area contributed by atoms with Crippen molar-refractivity contribution in [1.82, 2.24) is 10.2 Å². The lowest BCUT2D eigenvalue weighted by atomic mass is 9.96. The van der Waals surface area contributed by atoms with Crippen LogP contribution in [0.1, 0.15) is 47.0 Å². The molecule has 15 heavy (non-hydrogen) atoms. The maximum atomic E-state index is 3.50. The molecule has 0 aromatic rings. The van der Waals surface area contributed by atoms with Gasteiger partial charge in [0.25, 0.3) is 0 Å². The summed E-state index contributed by atoms with van der Waals surface area (Å²) in [7, 11) is 2.32. The second-order valence-electron chi connectivity index (χ2n) is 5.11. The van der Waals surface area contributed by atoms with Crippen molar-refractivity contribution in [2.45, 2.75) is 58.5 Å². The van der Waals surface area contributed by atoms with Crippen molar-refractivity contribution < 1.29 is 0 Å². The summed E-state index contributed by atoms with van der Waals surface area (Å²) in [4.78, 5) is 2.65. The first-order valence-electron chi connectivity index (χ1n) is 6.59. The summed E-state index contributed by atoms with van der Waals surface area (Å²) in [5.74, 6) is 0.810. The highest BCUT2D eigenvalue weighted by Crippen LogP contribution is 2.39. The lowest BCUT2D eigenvalue weighted by Gasteiger charge is -2.36. The van der Waals surface area contributed by atoms with E-state index in [-0.39, 0.29) is 0 Å². The quantitative estimate of drug-likeness (QED) is 0.718. The Morgan fingerprint density at radius 3 is 2.33 bits per heavy atom. The molecule has 1 spiro atoms. The topological polar surface area (TPSA) is 15.3 Å². The van der Waals surface area contributed by atoms with Gasteiger partial charge in [-0.25, -0.2) is 0 Å². The highest BCUT2D eigenvalue weighted by Gasteiger charge is 2.46. The third kappa shape index (κ3) is 2.36. The van der Waals surface area contributed by atoms with Gasteiger partial charge >= 0.3 is 0 Å². The van der Waals surface area contributed by atoms with E-state index in [2.05, 4.69) is 31.1 Å². The SMILES string of the molecule is CC.CC(C)C1CCC2(CCNC2)N1C. The molecule has 2 heterocycles. The van der Waals surface area contributed by atoms with Gasteiger partial charge in [-0.05, 0) is 38.8 Å². The van der Waals surface area contributed by atoms with Crippen LogP contribution in [0.4, 0.5) is 0 Å². The second-order valence-corrected chi connectivity index (χ2v) is 5.11. The Morgan fingerprint density at radius 2 is 1.93 bits per heavy atom. The Kier molecular flexibility index (Phi) is 4.60. The van der Waals surface area contributed by atoms with Crippen molar-refractivity contribution >= 4 is 0 Å². The summed E-state index contributed by atoms with van der Waals surface area (Å²) < 4.78 is 0. The molecule has 0 aromatic carbocycles. The summed E-state index contributed by atoms with van der Waals surface area (Å²) >= 11 is 0. The third-order valence-electron chi connectivity index (χ3n) is 4.14. The Labute approximate surface area is 95.4 Å². The number of nitrogens with zero attached hydrogens (tertiary/aromatic N) is 1. The van der Waals surface area contributed by atoms with Crippen LogP contribution in [-0.4, -0.2) is 36.6 Å². The van der Waals surface area contributed by atoms with Crippen molar-refractivity contribution in [1.29, 1.82) is 0 Å². The molecule has 2 fully saturated rings. The first-order valence-corrected chi connectivity index (χ1v) is 6.59. The van der Waals surface area contributed by atoms with Crippen molar-refractivity contribution in [2.24, 2.45) is 5.92 Å². The monoisotopic (exact) mass is 212 g/mol. The van der Waals surface area contributed by atoms with Crippen LogP contribution in [0.5, 0.6) is 0 Å². The van der Waals surface area contributed by atoms with E-state index >= 15 is 0 Å². The van der Waals surface area contributed by atoms with Crippen LogP contribution in [0.25, 0.3) is 0 Å². The largest absolute Gasteiger partial charge is 0.315 e. The van der Waals surface area contributed by atoms with Crippen LogP contribution in [0.15, 0.2) is 0 Å². The summed E-state index contributed by atoms with van der Waals surface area (Å²) in [5.41, 5.74) is 0.523. The van der Waals surface area contributed by atoms with Crippen LogP contribution in [0.2, 0.25) is 0 Å². The summed E-state index contributed by atoms with van der Waals surface area (Å²) in [6.45, 7) is 11.1. The number of nitrogens with one attached hydrogen (secondary N) is 1. The maximum absolute atomic E-state index is 3.50. The van der Waals surface area contributed by atoms with Crippen LogP contribution < -0.4 is 5.32 Å². The minimum atomic E-state index is 0.523. The Bertz CT molecular complexity index is 183. The fourth-order valence-electron chi connectivity index (χ4n) is 3.16. The molecule has 0 bridgehead atoms. The molecule has 0 radical (unpaired) electrons. The minimum absolute atomic E-state index is 0.523. The zero-order chi connectivity index (χ0) is 11.5. The molecule has 0 amide bonds. The van der Waals surface area contributed by atoms with E-state index in [9.17, 15) is 0 Å². The molecule has 2 heteroatoms. The molecule has 2 nitrogen and oxygen atoms in total. The molecule has 0 aliphatic carbocycles. The van der Waals surface area contributed by atoms with Gasteiger partial charge < -0.3 is 5.32 Å². The highest BCUT2D eigenvalue weighted by atomic mass is 15.3. The molecule has 2 rings (SSSR count). The van der Waals surface area contributed by atoms with Gasteiger partial charge in [0.05, 0.1) is 0 Å². The zero-order valence-corrected chi connectivity index (χ0v) is 11.1. The molecular formula is C13H28N2. The molecule has 2 atom stereocenters. The van der Waals surface area contributed by atoms with E-state index in [1.54, 1.807) is 0 Å². The highest BCUT2D eigenvalue weighted by molar-refractivity contribution is 5.04. The van der Waals surface area contributed by atoms with Gasteiger partial charge in [0.15, 0.2) is 0 Å². The Hall–Kier alpha value is -0.0800. The molecule has 2 aliphatic heterocycles. The predicted molar refractivity (Wildman–Crippen MR) is 67.2 cm³/mol. The fraction of sp³-hybridized carbons (Fsp3) is 1.00. The van der Waals surface area contributed by atoms with Gasteiger partial charge in [0.1, 0.15) is 0 Å². The lowest BCUT2D eigenvalue weighted by molar-refractivity contribution is 0.127. The molecule has 2 unspecified atom stereocenters. The van der Waals surface area contributed by atoms with Gasteiger partial charge in [-0.3, -0.25) is 4.90 Å². The number of likely N-dealkylation sites (N-methyl/N-ethyl adjacent to an activating group) is 1. The smallest absolute Gasteiger partial charge is 0.0346 e. The first-order chi connectivity index (χ1) is 7.16. The molecule has 2 aliphatic rings. The summed E-state index contributed by atoms with van der Waals surface area (Å²) in [5, 5.41) is 3.50. The maximum Gasteiger partial charge on any atom is 0.0346 e. The summed E-state index contributed by atoms with van der Waals surface area (Å²) in [6.07, 6.45) is 4.15. The van der Waals surface area contributed by atoms with E-state index < -0.39 is 0 Å². The Morgan fingerprint density at radius 1 is 1.27 bits per heavy atom. The van der Waals surface area contributed by atoms with E-state index in [4.69, 9.17) is 0 Å². The minimum Gasteiger partial charge on any atom is -0.315 e. The molecular weight excluding hydrogens is 184 g/mol. The van der Waals surface area contributed by atoms with Crippen molar-refractivity contribution in [3.8, 4) is 0 Å². The van der Waals surface area contributed by atoms with E-state index in [0.29, 0.717) is 5.54 Å². The number of likely N-dealkylation sites (tertiary alicyclic amines) is 1. The average molecular weight is 212 g/mol. The molecule has 90 valence electrons. The summed E-state index contributed by atoms with van der Waals surface area (Å²) in [6, 6.07) is 0.819. The normalized spacial score (nSPS) is 36.0. The molecule has 1 N–H and O–H groups in total. The van der Waals surface area contributed by atoms with Gasteiger partial charge in [-0.1, -0.05) is 27.7 Å². The van der Waals surface area contributed by atoms with Crippen LogP contribution in [0, 0.1) is 5.92 Å². The molecule has 0 saturated carbocycles. The number of hydrogen-bond acceptors (Lipinski definition) is 2. The van der Waals surface area contributed by atoms with Crippen LogP contribution in [-0.2, 0) is 0 Å².